The van der Waals surface area contributed by atoms with Gasteiger partial charge >= 0.3 is 6.18 Å². The molecule has 1 heterocycles. The monoisotopic (exact) mass is 552 g/mol. The van der Waals surface area contributed by atoms with Gasteiger partial charge in [0.25, 0.3) is 0 Å². The molecule has 11 heteroatoms. The molecule has 0 saturated heterocycles. The fraction of sp³-hybridized carbons (Fsp3) is 0.286. The quantitative estimate of drug-likeness (QED) is 0.253. The highest BCUT2D eigenvalue weighted by atomic mass is 127. The minimum atomic E-state index is -4.45. The van der Waals surface area contributed by atoms with Gasteiger partial charge in [-0.2, -0.15) is 13.2 Å². The van der Waals surface area contributed by atoms with Crippen molar-refractivity contribution in [3.63, 3.8) is 0 Å². The molecule has 0 radical (unpaired) electrons. The van der Waals surface area contributed by atoms with Crippen LogP contribution in [0.5, 0.6) is 0 Å². The first-order valence-electron chi connectivity index (χ1n) is 6.69. The summed E-state index contributed by atoms with van der Waals surface area (Å²) < 4.78 is 51.9. The molecule has 4 nitrogen and oxygen atoms in total. The van der Waals surface area contributed by atoms with Gasteiger partial charge < -0.3 is 10.6 Å². The molecule has 0 fully saturated rings. The first kappa shape index (κ1) is 22.1. The van der Waals surface area contributed by atoms with Crippen LogP contribution in [0.2, 0.25) is 0 Å². The topological polar surface area (TPSA) is 49.3 Å². The molecular weight excluding hydrogens is 539 g/mol. The Morgan fingerprint density at radius 3 is 2.56 bits per heavy atom. The van der Waals surface area contributed by atoms with Crippen molar-refractivity contribution in [1.82, 2.24) is 15.6 Å². The first-order chi connectivity index (χ1) is 11.3. The lowest BCUT2D eigenvalue weighted by Crippen LogP contribution is -2.36. The fourth-order valence-corrected chi connectivity index (χ4v) is 2.91. The second-order valence-electron chi connectivity index (χ2n) is 4.64. The molecule has 0 aliphatic carbocycles. The number of guanidine groups is 1. The van der Waals surface area contributed by atoms with E-state index in [1.807, 2.05) is 0 Å². The van der Waals surface area contributed by atoms with E-state index < -0.39 is 11.9 Å². The zero-order valence-corrected chi connectivity index (χ0v) is 17.6. The second-order valence-corrected chi connectivity index (χ2v) is 6.50. The van der Waals surface area contributed by atoms with Crippen LogP contribution in [0, 0.1) is 5.82 Å². The van der Waals surface area contributed by atoms with E-state index in [0.29, 0.717) is 11.5 Å². The summed E-state index contributed by atoms with van der Waals surface area (Å²) in [6.45, 7) is 0.262. The highest BCUT2D eigenvalue weighted by Gasteiger charge is 2.33. The highest BCUT2D eigenvalue weighted by molar-refractivity contribution is 14.0. The Kier molecular flexibility index (Phi) is 8.54. The maximum atomic E-state index is 13.7. The van der Waals surface area contributed by atoms with Gasteiger partial charge in [0.15, 0.2) is 11.7 Å². The van der Waals surface area contributed by atoms with Gasteiger partial charge in [0.05, 0.1) is 6.54 Å². The van der Waals surface area contributed by atoms with E-state index in [1.54, 1.807) is 12.1 Å². The molecule has 0 aliphatic heterocycles. The van der Waals surface area contributed by atoms with Crippen molar-refractivity contribution in [2.24, 2.45) is 4.99 Å². The molecule has 0 saturated carbocycles. The lowest BCUT2D eigenvalue weighted by atomic mass is 10.2. The van der Waals surface area contributed by atoms with E-state index >= 15 is 0 Å². The number of thiazole rings is 1. The number of halogens is 6. The zero-order chi connectivity index (χ0) is 17.7. The number of hydrogen-bond donors (Lipinski definition) is 2. The van der Waals surface area contributed by atoms with Crippen molar-refractivity contribution >= 4 is 57.2 Å². The van der Waals surface area contributed by atoms with Gasteiger partial charge in [-0.05, 0) is 18.2 Å². The molecule has 1 aromatic carbocycles. The number of nitrogens with one attached hydrogen (secondary N) is 2. The number of alkyl halides is 3. The van der Waals surface area contributed by atoms with E-state index in [9.17, 15) is 17.6 Å². The molecule has 0 atom stereocenters. The van der Waals surface area contributed by atoms with Gasteiger partial charge in [0.2, 0.25) is 0 Å². The minimum absolute atomic E-state index is 0. The van der Waals surface area contributed by atoms with E-state index in [-0.39, 0.29) is 47.9 Å². The number of nitrogens with zero attached hydrogens (tertiary/aromatic N) is 2. The van der Waals surface area contributed by atoms with Crippen molar-refractivity contribution < 1.29 is 17.6 Å². The maximum Gasteiger partial charge on any atom is 0.434 e. The van der Waals surface area contributed by atoms with Crippen LogP contribution in [0.4, 0.5) is 17.6 Å². The van der Waals surface area contributed by atoms with Crippen molar-refractivity contribution in [2.45, 2.75) is 19.3 Å². The standard InChI is InChI=1S/C14H13BrF4N4S.HI/c1-20-13(21-5-8-4-9(15)2-3-10(8)16)22-6-12-23-11(7-24-12)14(17,18)19;/h2-4,7H,5-6H2,1H3,(H2,20,21,22);1H. The van der Waals surface area contributed by atoms with Gasteiger partial charge in [-0.15, -0.1) is 35.3 Å². The summed E-state index contributed by atoms with van der Waals surface area (Å²) in [5.41, 5.74) is -0.482. The molecule has 0 spiro atoms. The molecule has 2 rings (SSSR count). The Labute approximate surface area is 171 Å². The van der Waals surface area contributed by atoms with Crippen LogP contribution in [0.15, 0.2) is 33.0 Å². The number of rotatable bonds is 4. The SMILES string of the molecule is CN=C(NCc1nc(C(F)(F)F)cs1)NCc1cc(Br)ccc1F.I. The van der Waals surface area contributed by atoms with E-state index in [0.717, 1.165) is 21.2 Å². The second kappa shape index (κ2) is 9.67. The van der Waals surface area contributed by atoms with Crippen molar-refractivity contribution in [3.05, 3.63) is 50.1 Å². The predicted octanol–water partition coefficient (Wildman–Crippen LogP) is 4.55. The minimum Gasteiger partial charge on any atom is -0.352 e. The van der Waals surface area contributed by atoms with Crippen molar-refractivity contribution in [2.75, 3.05) is 7.05 Å². The molecule has 2 N–H and O–H groups in total. The summed E-state index contributed by atoms with van der Waals surface area (Å²) in [5, 5.41) is 6.97. The molecule has 0 aliphatic rings. The van der Waals surface area contributed by atoms with Gasteiger partial charge in [-0.25, -0.2) is 9.37 Å². The molecule has 0 unspecified atom stereocenters. The number of aliphatic imine (C=N–C) groups is 1. The normalized spacial score (nSPS) is 11.8. The lowest BCUT2D eigenvalue weighted by Gasteiger charge is -2.11. The van der Waals surface area contributed by atoms with E-state index in [1.165, 1.54) is 13.1 Å². The molecule has 1 aromatic heterocycles. The average molecular weight is 553 g/mol. The summed E-state index contributed by atoms with van der Waals surface area (Å²) in [5.74, 6) is -0.0333. The largest absolute Gasteiger partial charge is 0.434 e. The first-order valence-corrected chi connectivity index (χ1v) is 8.37. The third kappa shape index (κ3) is 6.70. The zero-order valence-electron chi connectivity index (χ0n) is 12.8. The van der Waals surface area contributed by atoms with E-state index in [2.05, 4.69) is 36.5 Å². The van der Waals surface area contributed by atoms with Crippen LogP contribution in [0.3, 0.4) is 0 Å². The molecule has 0 amide bonds. The van der Waals surface area contributed by atoms with Crippen molar-refractivity contribution in [1.29, 1.82) is 0 Å². The molecule has 0 bridgehead atoms. The Morgan fingerprint density at radius 1 is 1.28 bits per heavy atom. The van der Waals surface area contributed by atoms with Crippen LogP contribution >= 0.6 is 51.2 Å². The molecular formula is C14H14BrF4IN4S. The molecule has 25 heavy (non-hydrogen) atoms. The summed E-state index contributed by atoms with van der Waals surface area (Å²) >= 11 is 4.17. The fourth-order valence-electron chi connectivity index (χ4n) is 1.76. The van der Waals surface area contributed by atoms with Crippen LogP contribution in [-0.2, 0) is 19.3 Å². The van der Waals surface area contributed by atoms with Crippen LogP contribution in [0.1, 0.15) is 16.3 Å². The summed E-state index contributed by atoms with van der Waals surface area (Å²) in [7, 11) is 1.51. The number of benzene rings is 1. The average Bonchev–Trinajstić information content (AvgIpc) is 3.00. The summed E-state index contributed by atoms with van der Waals surface area (Å²) in [6, 6.07) is 4.56. The van der Waals surface area contributed by atoms with E-state index in [4.69, 9.17) is 0 Å². The van der Waals surface area contributed by atoms with Gasteiger partial charge in [0, 0.05) is 29.0 Å². The third-order valence-electron chi connectivity index (χ3n) is 2.93. The Morgan fingerprint density at radius 2 is 1.96 bits per heavy atom. The van der Waals surface area contributed by atoms with Gasteiger partial charge in [-0.3, -0.25) is 4.99 Å². The smallest absolute Gasteiger partial charge is 0.352 e. The molecule has 138 valence electrons. The Hall–Kier alpha value is -0.950. The van der Waals surface area contributed by atoms with Crippen LogP contribution < -0.4 is 10.6 Å². The van der Waals surface area contributed by atoms with Crippen molar-refractivity contribution in [3.8, 4) is 0 Å². The third-order valence-corrected chi connectivity index (χ3v) is 4.27. The Bertz CT molecular complexity index is 736. The lowest BCUT2D eigenvalue weighted by molar-refractivity contribution is -0.140. The Balaban J connectivity index is 0.00000312. The maximum absolute atomic E-state index is 13.7. The summed E-state index contributed by atoms with van der Waals surface area (Å²) in [4.78, 5) is 7.45. The number of aromatic nitrogens is 1. The van der Waals surface area contributed by atoms with Crippen LogP contribution in [-0.4, -0.2) is 18.0 Å². The number of hydrogen-bond acceptors (Lipinski definition) is 3. The van der Waals surface area contributed by atoms with Crippen LogP contribution in [0.25, 0.3) is 0 Å². The predicted molar refractivity (Wildman–Crippen MR) is 104 cm³/mol. The highest BCUT2D eigenvalue weighted by Crippen LogP contribution is 2.29. The van der Waals surface area contributed by atoms with Gasteiger partial charge in [-0.1, -0.05) is 15.9 Å². The van der Waals surface area contributed by atoms with Gasteiger partial charge in [0.1, 0.15) is 10.8 Å². The molecule has 2 aromatic rings. The summed E-state index contributed by atoms with van der Waals surface area (Å²) in [6.07, 6.45) is -4.45.